The van der Waals surface area contributed by atoms with Crippen molar-refractivity contribution >= 4 is 11.6 Å². The van der Waals surface area contributed by atoms with Crippen LogP contribution in [0.2, 0.25) is 5.02 Å². The van der Waals surface area contributed by atoms with Crippen LogP contribution in [0.3, 0.4) is 0 Å². The monoisotopic (exact) mass is 296 g/mol. The third-order valence-electron chi connectivity index (χ3n) is 2.94. The number of hydrogen-bond donors (Lipinski definition) is 0. The number of pyridine rings is 1. The highest BCUT2D eigenvalue weighted by Gasteiger charge is 2.07. The van der Waals surface area contributed by atoms with Crippen molar-refractivity contribution in [2.75, 3.05) is 0 Å². The fraction of sp³-hybridized carbons (Fsp3) is 0.176. The lowest BCUT2D eigenvalue weighted by atomic mass is 10.1. The largest absolute Gasteiger partial charge is 0.302 e. The number of aromatic nitrogens is 1. The zero-order valence-electron chi connectivity index (χ0n) is 11.6. The summed E-state index contributed by atoms with van der Waals surface area (Å²) < 4.78 is 1.46. The minimum Gasteiger partial charge on any atom is -0.302 e. The maximum Gasteiger partial charge on any atom is 0.269 e. The first kappa shape index (κ1) is 14.9. The van der Waals surface area contributed by atoms with E-state index in [1.165, 1.54) is 4.57 Å². The van der Waals surface area contributed by atoms with E-state index >= 15 is 0 Å². The maximum atomic E-state index is 12.1. The predicted molar refractivity (Wildman–Crippen MR) is 83.9 cm³/mol. The fourth-order valence-corrected chi connectivity index (χ4v) is 2.03. The molecule has 2 rings (SSSR count). The summed E-state index contributed by atoms with van der Waals surface area (Å²) in [7, 11) is 0. The fourth-order valence-electron chi connectivity index (χ4n) is 1.90. The van der Waals surface area contributed by atoms with Crippen molar-refractivity contribution in [2.24, 2.45) is 0 Å². The van der Waals surface area contributed by atoms with E-state index in [4.69, 9.17) is 16.9 Å². The van der Waals surface area contributed by atoms with Crippen LogP contribution in [0.25, 0.3) is 11.1 Å². The Morgan fingerprint density at radius 1 is 1.19 bits per heavy atom. The molecular weight excluding hydrogens is 284 g/mol. The molecule has 0 fully saturated rings. The molecule has 0 amide bonds. The van der Waals surface area contributed by atoms with E-state index < -0.39 is 0 Å². The first-order valence-corrected chi connectivity index (χ1v) is 6.89. The summed E-state index contributed by atoms with van der Waals surface area (Å²) in [6, 6.07) is 10.8. The Bertz CT molecular complexity index is 802. The molecule has 1 aromatic carbocycles. The standard InChI is InChI=1S/C17H13ClN2O/c1-2-3-4-9-20-12-15(10-14(11-19)17(20)21)13-5-7-16(18)8-6-13/h5-8,10,12H,2,9H2,1H3. The molecule has 0 saturated heterocycles. The Labute approximate surface area is 128 Å². The molecule has 1 aromatic heterocycles. The Morgan fingerprint density at radius 3 is 2.52 bits per heavy atom. The lowest BCUT2D eigenvalue weighted by molar-refractivity contribution is 0.793. The molecule has 0 saturated carbocycles. The summed E-state index contributed by atoms with van der Waals surface area (Å²) in [6.45, 7) is 2.23. The van der Waals surface area contributed by atoms with Crippen LogP contribution >= 0.6 is 11.6 Å². The molecule has 0 N–H and O–H groups in total. The summed E-state index contributed by atoms with van der Waals surface area (Å²) in [5, 5.41) is 9.75. The average molecular weight is 297 g/mol. The number of hydrogen-bond acceptors (Lipinski definition) is 2. The minimum absolute atomic E-state index is 0.112. The second-order valence-electron chi connectivity index (χ2n) is 4.40. The Hall–Kier alpha value is -2.49. The number of nitrogens with zero attached hydrogens (tertiary/aromatic N) is 2. The second kappa shape index (κ2) is 6.79. The smallest absolute Gasteiger partial charge is 0.269 e. The van der Waals surface area contributed by atoms with E-state index in [0.29, 0.717) is 5.02 Å². The van der Waals surface area contributed by atoms with Crippen molar-refractivity contribution < 1.29 is 0 Å². The van der Waals surface area contributed by atoms with Crippen LogP contribution in [0.15, 0.2) is 41.3 Å². The van der Waals surface area contributed by atoms with Crippen molar-refractivity contribution in [2.45, 2.75) is 19.9 Å². The third kappa shape index (κ3) is 3.54. The van der Waals surface area contributed by atoms with Crippen molar-refractivity contribution in [1.29, 1.82) is 5.26 Å². The van der Waals surface area contributed by atoms with E-state index in [-0.39, 0.29) is 17.7 Å². The molecule has 0 aliphatic rings. The van der Waals surface area contributed by atoms with Crippen LogP contribution in [0, 0.1) is 23.2 Å². The van der Waals surface area contributed by atoms with Gasteiger partial charge in [-0.25, -0.2) is 0 Å². The number of halogens is 1. The van der Waals surface area contributed by atoms with Crippen LogP contribution in [-0.4, -0.2) is 4.57 Å². The number of benzene rings is 1. The summed E-state index contributed by atoms with van der Waals surface area (Å²) in [4.78, 5) is 12.1. The Balaban J connectivity index is 2.52. The summed E-state index contributed by atoms with van der Waals surface area (Å²) in [5.74, 6) is 5.83. The molecule has 0 radical (unpaired) electrons. The van der Waals surface area contributed by atoms with Gasteiger partial charge in [-0.1, -0.05) is 36.6 Å². The molecule has 0 unspecified atom stereocenters. The van der Waals surface area contributed by atoms with Gasteiger partial charge in [0.1, 0.15) is 11.6 Å². The molecule has 0 bridgehead atoms. The van der Waals surface area contributed by atoms with Gasteiger partial charge in [0, 0.05) is 17.6 Å². The van der Waals surface area contributed by atoms with E-state index in [1.807, 2.05) is 25.1 Å². The first-order valence-electron chi connectivity index (χ1n) is 6.52. The Kier molecular flexibility index (Phi) is 4.82. The van der Waals surface area contributed by atoms with Gasteiger partial charge in [0.05, 0.1) is 6.54 Å². The highest BCUT2D eigenvalue weighted by atomic mass is 35.5. The SMILES string of the molecule is CCC#CCn1cc(-c2ccc(Cl)cc2)cc(C#N)c1=O. The molecule has 21 heavy (non-hydrogen) atoms. The molecule has 1 heterocycles. The quantitative estimate of drug-likeness (QED) is 0.797. The normalized spacial score (nSPS) is 9.57. The van der Waals surface area contributed by atoms with Crippen molar-refractivity contribution in [3.8, 4) is 29.0 Å². The molecule has 4 heteroatoms. The van der Waals surface area contributed by atoms with E-state index in [1.54, 1.807) is 24.4 Å². The third-order valence-corrected chi connectivity index (χ3v) is 3.19. The Morgan fingerprint density at radius 2 is 1.90 bits per heavy atom. The molecular formula is C17H13ClN2O. The van der Waals surface area contributed by atoms with Crippen LogP contribution in [0.4, 0.5) is 0 Å². The van der Waals surface area contributed by atoms with Crippen molar-refractivity contribution in [1.82, 2.24) is 4.57 Å². The van der Waals surface area contributed by atoms with E-state index in [2.05, 4.69) is 11.8 Å². The second-order valence-corrected chi connectivity index (χ2v) is 4.84. The lowest BCUT2D eigenvalue weighted by Gasteiger charge is -2.07. The molecule has 2 aromatic rings. The van der Waals surface area contributed by atoms with Crippen LogP contribution in [-0.2, 0) is 6.54 Å². The van der Waals surface area contributed by atoms with E-state index in [9.17, 15) is 4.79 Å². The van der Waals surface area contributed by atoms with Gasteiger partial charge in [0.2, 0.25) is 0 Å². The molecule has 104 valence electrons. The summed E-state index contributed by atoms with van der Waals surface area (Å²) in [6.07, 6.45) is 2.45. The van der Waals surface area contributed by atoms with Gasteiger partial charge in [-0.15, -0.1) is 5.92 Å². The van der Waals surface area contributed by atoms with Crippen LogP contribution in [0.1, 0.15) is 18.9 Å². The lowest BCUT2D eigenvalue weighted by Crippen LogP contribution is -2.21. The first-order chi connectivity index (χ1) is 10.2. The predicted octanol–water partition coefficient (Wildman–Crippen LogP) is 3.45. The highest BCUT2D eigenvalue weighted by molar-refractivity contribution is 6.30. The van der Waals surface area contributed by atoms with Crippen molar-refractivity contribution in [3.63, 3.8) is 0 Å². The van der Waals surface area contributed by atoms with Gasteiger partial charge in [0.15, 0.2) is 0 Å². The zero-order chi connectivity index (χ0) is 15.2. The average Bonchev–Trinajstić information content (AvgIpc) is 2.50. The molecule has 3 nitrogen and oxygen atoms in total. The van der Waals surface area contributed by atoms with Crippen molar-refractivity contribution in [3.05, 3.63) is 57.5 Å². The van der Waals surface area contributed by atoms with Gasteiger partial charge in [-0.3, -0.25) is 4.79 Å². The minimum atomic E-state index is -0.319. The van der Waals surface area contributed by atoms with Gasteiger partial charge in [-0.05, 0) is 29.3 Å². The topological polar surface area (TPSA) is 45.8 Å². The molecule has 0 aliphatic heterocycles. The number of rotatable bonds is 2. The van der Waals surface area contributed by atoms with Gasteiger partial charge >= 0.3 is 0 Å². The van der Waals surface area contributed by atoms with Gasteiger partial charge in [-0.2, -0.15) is 5.26 Å². The maximum absolute atomic E-state index is 12.1. The van der Waals surface area contributed by atoms with Gasteiger partial charge in [0.25, 0.3) is 5.56 Å². The van der Waals surface area contributed by atoms with Gasteiger partial charge < -0.3 is 4.57 Å². The molecule has 0 spiro atoms. The number of nitriles is 1. The summed E-state index contributed by atoms with van der Waals surface area (Å²) in [5.41, 5.74) is 1.48. The van der Waals surface area contributed by atoms with Crippen LogP contribution < -0.4 is 5.56 Å². The zero-order valence-corrected chi connectivity index (χ0v) is 12.3. The summed E-state index contributed by atoms with van der Waals surface area (Å²) >= 11 is 5.87. The highest BCUT2D eigenvalue weighted by Crippen LogP contribution is 2.21. The molecule has 0 aliphatic carbocycles. The van der Waals surface area contributed by atoms with E-state index in [0.717, 1.165) is 17.5 Å². The van der Waals surface area contributed by atoms with Crippen LogP contribution in [0.5, 0.6) is 0 Å². The molecule has 0 atom stereocenters.